The van der Waals surface area contributed by atoms with Gasteiger partial charge in [-0.1, -0.05) is 19.9 Å². The standard InChI is InChI=1S/C22H25F3N4O3/c1-12(2)21(31)27-9-13-4-5-17(22(23,24)25)16(6-13)20-28-18(8-19(30)29-20)14-7-15(32-3)11-26-10-14/h4-7,10-12,18,20,28H,8-9H2,1-3H3,(H,27,31)(H,29,30). The van der Waals surface area contributed by atoms with Crippen molar-refractivity contribution in [3.63, 3.8) is 0 Å². The number of benzene rings is 1. The highest BCUT2D eigenvalue weighted by Crippen LogP contribution is 2.37. The van der Waals surface area contributed by atoms with Gasteiger partial charge in [0.2, 0.25) is 11.8 Å². The number of pyridine rings is 1. The molecule has 2 unspecified atom stereocenters. The second-order valence-corrected chi connectivity index (χ2v) is 7.87. The number of halogens is 3. The van der Waals surface area contributed by atoms with Crippen molar-refractivity contribution in [2.75, 3.05) is 7.11 Å². The van der Waals surface area contributed by atoms with Gasteiger partial charge in [0.25, 0.3) is 0 Å². The van der Waals surface area contributed by atoms with E-state index in [9.17, 15) is 22.8 Å². The summed E-state index contributed by atoms with van der Waals surface area (Å²) >= 11 is 0. The lowest BCUT2D eigenvalue weighted by atomic mass is 9.96. The maximum absolute atomic E-state index is 13.7. The molecule has 10 heteroatoms. The molecule has 0 aliphatic carbocycles. The average molecular weight is 450 g/mol. The maximum atomic E-state index is 13.7. The number of carbonyl (C=O) groups is 2. The third-order valence-electron chi connectivity index (χ3n) is 5.16. The minimum absolute atomic E-state index is 0.0385. The highest BCUT2D eigenvalue weighted by molar-refractivity contribution is 5.78. The van der Waals surface area contributed by atoms with Crippen LogP contribution in [0.15, 0.2) is 36.7 Å². The molecule has 1 fully saturated rings. The van der Waals surface area contributed by atoms with Gasteiger partial charge in [0, 0.05) is 36.7 Å². The third kappa shape index (κ3) is 5.56. The molecule has 2 atom stereocenters. The van der Waals surface area contributed by atoms with Crippen LogP contribution in [-0.2, 0) is 22.3 Å². The number of methoxy groups -OCH3 is 1. The predicted molar refractivity (Wildman–Crippen MR) is 110 cm³/mol. The average Bonchev–Trinajstić information content (AvgIpc) is 2.76. The summed E-state index contributed by atoms with van der Waals surface area (Å²) in [5.74, 6) is -0.375. The van der Waals surface area contributed by atoms with Crippen molar-refractivity contribution in [2.45, 2.75) is 45.2 Å². The Labute approximate surface area is 183 Å². The van der Waals surface area contributed by atoms with E-state index in [4.69, 9.17) is 4.74 Å². The van der Waals surface area contributed by atoms with Crippen LogP contribution >= 0.6 is 0 Å². The van der Waals surface area contributed by atoms with E-state index < -0.39 is 29.9 Å². The van der Waals surface area contributed by atoms with Crippen LogP contribution in [0.5, 0.6) is 5.75 Å². The third-order valence-corrected chi connectivity index (χ3v) is 5.16. The van der Waals surface area contributed by atoms with E-state index in [1.807, 2.05) is 0 Å². The molecule has 0 bridgehead atoms. The van der Waals surface area contributed by atoms with E-state index in [-0.39, 0.29) is 30.4 Å². The lowest BCUT2D eigenvalue weighted by molar-refractivity contribution is -0.139. The van der Waals surface area contributed by atoms with Gasteiger partial charge in [0.05, 0.1) is 18.9 Å². The molecule has 0 radical (unpaired) electrons. The Bertz CT molecular complexity index is 995. The van der Waals surface area contributed by atoms with Gasteiger partial charge in [-0.15, -0.1) is 0 Å². The van der Waals surface area contributed by atoms with Crippen molar-refractivity contribution >= 4 is 11.8 Å². The number of aromatic nitrogens is 1. The van der Waals surface area contributed by atoms with Crippen molar-refractivity contribution in [1.29, 1.82) is 0 Å². The Morgan fingerprint density at radius 1 is 1.28 bits per heavy atom. The van der Waals surface area contributed by atoms with Crippen molar-refractivity contribution in [2.24, 2.45) is 5.92 Å². The van der Waals surface area contributed by atoms with E-state index in [0.29, 0.717) is 16.9 Å². The number of amides is 2. The zero-order chi connectivity index (χ0) is 23.5. The number of carbonyl (C=O) groups excluding carboxylic acids is 2. The number of alkyl halides is 3. The molecule has 3 rings (SSSR count). The number of ether oxygens (including phenoxy) is 1. The first-order valence-electron chi connectivity index (χ1n) is 10.1. The Morgan fingerprint density at radius 2 is 2.03 bits per heavy atom. The van der Waals surface area contributed by atoms with Crippen LogP contribution in [-0.4, -0.2) is 23.9 Å². The molecular formula is C22H25F3N4O3. The zero-order valence-corrected chi connectivity index (χ0v) is 17.9. The quantitative estimate of drug-likeness (QED) is 0.629. The summed E-state index contributed by atoms with van der Waals surface area (Å²) < 4.78 is 46.4. The van der Waals surface area contributed by atoms with Gasteiger partial charge < -0.3 is 15.4 Å². The molecule has 1 aromatic heterocycles. The molecule has 1 aliphatic heterocycles. The first-order valence-corrected chi connectivity index (χ1v) is 10.1. The number of rotatable bonds is 6. The molecule has 2 heterocycles. The van der Waals surface area contributed by atoms with E-state index in [0.717, 1.165) is 6.07 Å². The SMILES string of the molecule is COc1cncc(C2CC(=O)NC(c3cc(CNC(=O)C(C)C)ccc3C(F)(F)F)N2)c1. The van der Waals surface area contributed by atoms with Gasteiger partial charge in [0.15, 0.2) is 0 Å². The van der Waals surface area contributed by atoms with E-state index in [1.54, 1.807) is 26.1 Å². The van der Waals surface area contributed by atoms with E-state index in [2.05, 4.69) is 20.9 Å². The summed E-state index contributed by atoms with van der Waals surface area (Å²) in [6.45, 7) is 3.52. The normalized spacial score (nSPS) is 18.9. The first kappa shape index (κ1) is 23.5. The summed E-state index contributed by atoms with van der Waals surface area (Å²) in [5.41, 5.74) is 0.127. The van der Waals surface area contributed by atoms with Crippen molar-refractivity contribution < 1.29 is 27.5 Å². The Morgan fingerprint density at radius 3 is 2.69 bits per heavy atom. The van der Waals surface area contributed by atoms with Crippen molar-refractivity contribution in [3.8, 4) is 5.75 Å². The lowest BCUT2D eigenvalue weighted by Gasteiger charge is -2.33. The fourth-order valence-corrected chi connectivity index (χ4v) is 3.44. The largest absolute Gasteiger partial charge is 0.495 e. The number of nitrogens with zero attached hydrogens (tertiary/aromatic N) is 1. The second-order valence-electron chi connectivity index (χ2n) is 7.87. The van der Waals surface area contributed by atoms with Crippen LogP contribution in [0.3, 0.4) is 0 Å². The number of hydrogen-bond donors (Lipinski definition) is 3. The van der Waals surface area contributed by atoms with Crippen LogP contribution in [0, 0.1) is 5.92 Å². The molecule has 0 spiro atoms. The van der Waals surface area contributed by atoms with E-state index >= 15 is 0 Å². The summed E-state index contributed by atoms with van der Waals surface area (Å²) in [4.78, 5) is 28.3. The molecule has 7 nitrogen and oxygen atoms in total. The topological polar surface area (TPSA) is 92.3 Å². The minimum atomic E-state index is -4.62. The van der Waals surface area contributed by atoms with Crippen LogP contribution in [0.25, 0.3) is 0 Å². The lowest BCUT2D eigenvalue weighted by Crippen LogP contribution is -2.47. The molecule has 1 aliphatic rings. The van der Waals surface area contributed by atoms with Gasteiger partial charge in [-0.2, -0.15) is 13.2 Å². The highest BCUT2D eigenvalue weighted by Gasteiger charge is 2.38. The first-order chi connectivity index (χ1) is 15.1. The number of nitrogens with one attached hydrogen (secondary N) is 3. The summed E-state index contributed by atoms with van der Waals surface area (Å²) in [7, 11) is 1.48. The van der Waals surface area contributed by atoms with Gasteiger partial charge in [-0.3, -0.25) is 19.9 Å². The molecule has 3 N–H and O–H groups in total. The zero-order valence-electron chi connectivity index (χ0n) is 17.9. The van der Waals surface area contributed by atoms with Crippen LogP contribution in [0.1, 0.15) is 54.7 Å². The molecular weight excluding hydrogens is 425 g/mol. The van der Waals surface area contributed by atoms with Crippen molar-refractivity contribution in [1.82, 2.24) is 20.9 Å². The fourth-order valence-electron chi connectivity index (χ4n) is 3.44. The van der Waals surface area contributed by atoms with Gasteiger partial charge in [-0.05, 0) is 29.3 Å². The molecule has 172 valence electrons. The molecule has 32 heavy (non-hydrogen) atoms. The van der Waals surface area contributed by atoms with Gasteiger partial charge in [-0.25, -0.2) is 0 Å². The Kier molecular flexibility index (Phi) is 7.02. The Balaban J connectivity index is 1.92. The predicted octanol–water partition coefficient (Wildman–Crippen LogP) is 3.23. The van der Waals surface area contributed by atoms with Gasteiger partial charge >= 0.3 is 6.18 Å². The minimum Gasteiger partial charge on any atom is -0.495 e. The highest BCUT2D eigenvalue weighted by atomic mass is 19.4. The summed E-state index contributed by atoms with van der Waals surface area (Å²) in [6, 6.07) is 4.77. The fraction of sp³-hybridized carbons (Fsp3) is 0.409. The number of hydrogen-bond acceptors (Lipinski definition) is 5. The Hall–Kier alpha value is -3.14. The molecule has 2 aromatic rings. The summed E-state index contributed by atoms with van der Waals surface area (Å²) in [6.07, 6.45) is -2.62. The second kappa shape index (κ2) is 9.56. The smallest absolute Gasteiger partial charge is 0.416 e. The van der Waals surface area contributed by atoms with Crippen molar-refractivity contribution in [3.05, 3.63) is 58.9 Å². The van der Waals surface area contributed by atoms with Gasteiger partial charge in [0.1, 0.15) is 11.9 Å². The van der Waals surface area contributed by atoms with Crippen LogP contribution < -0.4 is 20.7 Å². The maximum Gasteiger partial charge on any atom is 0.416 e. The monoisotopic (exact) mass is 450 g/mol. The molecule has 1 aromatic carbocycles. The van der Waals surface area contributed by atoms with Crippen LogP contribution in [0.4, 0.5) is 13.2 Å². The molecule has 1 saturated heterocycles. The summed E-state index contributed by atoms with van der Waals surface area (Å²) in [5, 5.41) is 8.36. The molecule has 2 amide bonds. The van der Waals surface area contributed by atoms with Crippen LogP contribution in [0.2, 0.25) is 0 Å². The molecule has 0 saturated carbocycles. The van der Waals surface area contributed by atoms with E-state index in [1.165, 1.54) is 25.4 Å².